The molecule has 0 fully saturated rings. The second-order valence-corrected chi connectivity index (χ2v) is 4.44. The van der Waals surface area contributed by atoms with Crippen LogP contribution in [0.15, 0.2) is 0 Å². The molecule has 20 heavy (non-hydrogen) atoms. The number of hydrogen-bond donors (Lipinski definition) is 0. The lowest BCUT2D eigenvalue weighted by Gasteiger charge is -2.13. The molecule has 8 heteroatoms. The van der Waals surface area contributed by atoms with Gasteiger partial charge in [-0.3, -0.25) is 0 Å². The minimum Gasteiger partial charge on any atom is -0.341 e. The topological polar surface area (TPSA) is 105 Å². The normalized spacial score (nSPS) is 12.6. The van der Waals surface area contributed by atoms with Gasteiger partial charge in [0.25, 0.3) is 10.2 Å². The molecule has 0 aliphatic carbocycles. The molecule has 0 heterocycles. The fourth-order valence-electron chi connectivity index (χ4n) is 1.46. The van der Waals surface area contributed by atoms with Gasteiger partial charge < -0.3 is 16.6 Å². The van der Waals surface area contributed by atoms with E-state index in [2.05, 4.69) is 16.6 Å². The molecule has 0 aromatic rings. The molecule has 0 aromatic carbocycles. The molecule has 0 rings (SSSR count). The summed E-state index contributed by atoms with van der Waals surface area (Å²) < 4.78 is 0. The largest absolute Gasteiger partial charge is 0.341 e. The lowest BCUT2D eigenvalue weighted by molar-refractivity contribution is -0.768. The first-order chi connectivity index (χ1) is 9.37. The molecule has 0 N–H and O–H groups in total. The summed E-state index contributed by atoms with van der Waals surface area (Å²) in [6.07, 6.45) is 3.74. The maximum absolute atomic E-state index is 9.80. The molecule has 0 aliphatic heterocycles. The molecule has 0 aliphatic rings. The first-order valence-corrected chi connectivity index (χ1v) is 6.74. The standard InChI is InChI=1S/C6H13NO3.C6H12NO3/c1-3-4-6(2)5-10-7(8)9;1-3-5-6(4-2)10-7(8)9/h6H,3-5H2,1-2H3;6H,2-5H2,1H3/q;-1. The first kappa shape index (κ1) is 20.7. The summed E-state index contributed by atoms with van der Waals surface area (Å²) in [6, 6.07) is 0. The number of hydrogen-bond acceptors (Lipinski definition) is 6. The van der Waals surface area contributed by atoms with Crippen LogP contribution in [0.2, 0.25) is 0 Å². The molecular weight excluding hydrogens is 268 g/mol. The maximum Gasteiger partial charge on any atom is 0.294 e. The predicted octanol–water partition coefficient (Wildman–Crippen LogP) is 3.22. The lowest BCUT2D eigenvalue weighted by Crippen LogP contribution is -2.15. The van der Waals surface area contributed by atoms with Gasteiger partial charge in [-0.25, -0.2) is 0 Å². The Balaban J connectivity index is 0. The predicted molar refractivity (Wildman–Crippen MR) is 73.8 cm³/mol. The molecular formula is C12H25N2O6-. The average Bonchev–Trinajstić information content (AvgIpc) is 2.36. The Kier molecular flexibility index (Phi) is 14.3. The van der Waals surface area contributed by atoms with Gasteiger partial charge in [-0.15, -0.1) is 20.2 Å². The van der Waals surface area contributed by atoms with Gasteiger partial charge in [-0.2, -0.15) is 6.42 Å². The Morgan fingerprint density at radius 3 is 2.00 bits per heavy atom. The zero-order valence-corrected chi connectivity index (χ0v) is 12.4. The molecule has 0 spiro atoms. The molecule has 0 bridgehead atoms. The van der Waals surface area contributed by atoms with Crippen molar-refractivity contribution in [2.24, 2.45) is 5.92 Å². The fraction of sp³-hybridized carbons (Fsp3) is 0.917. The van der Waals surface area contributed by atoms with E-state index in [0.29, 0.717) is 12.8 Å². The average molecular weight is 293 g/mol. The Bertz CT molecular complexity index is 262. The van der Waals surface area contributed by atoms with Gasteiger partial charge in [0.1, 0.15) is 0 Å². The monoisotopic (exact) mass is 293 g/mol. The van der Waals surface area contributed by atoms with Crippen LogP contribution in [0.5, 0.6) is 0 Å². The van der Waals surface area contributed by atoms with Gasteiger partial charge in [0, 0.05) is 0 Å². The van der Waals surface area contributed by atoms with Crippen LogP contribution in [0.3, 0.4) is 0 Å². The van der Waals surface area contributed by atoms with E-state index < -0.39 is 10.2 Å². The lowest BCUT2D eigenvalue weighted by atomic mass is 10.1. The van der Waals surface area contributed by atoms with Gasteiger partial charge in [0.2, 0.25) is 0 Å². The summed E-state index contributed by atoms with van der Waals surface area (Å²) >= 11 is 0. The van der Waals surface area contributed by atoms with Crippen molar-refractivity contribution in [3.8, 4) is 0 Å². The van der Waals surface area contributed by atoms with Crippen LogP contribution >= 0.6 is 0 Å². The second-order valence-electron chi connectivity index (χ2n) is 4.44. The number of rotatable bonds is 10. The fourth-order valence-corrected chi connectivity index (χ4v) is 1.46. The van der Waals surface area contributed by atoms with Crippen LogP contribution in [0.4, 0.5) is 0 Å². The summed E-state index contributed by atoms with van der Waals surface area (Å²) in [4.78, 5) is 28.0. The van der Waals surface area contributed by atoms with Crippen molar-refractivity contribution in [1.29, 1.82) is 0 Å². The zero-order valence-electron chi connectivity index (χ0n) is 12.4. The van der Waals surface area contributed by atoms with E-state index in [4.69, 9.17) is 0 Å². The van der Waals surface area contributed by atoms with Crippen LogP contribution in [0.1, 0.15) is 52.9 Å². The highest BCUT2D eigenvalue weighted by molar-refractivity contribution is 4.55. The first-order valence-electron chi connectivity index (χ1n) is 6.74. The summed E-state index contributed by atoms with van der Waals surface area (Å²) in [5.41, 5.74) is 0. The van der Waals surface area contributed by atoms with Gasteiger partial charge in [0.15, 0.2) is 0 Å². The maximum atomic E-state index is 9.80. The molecule has 0 amide bonds. The Morgan fingerprint density at radius 1 is 1.10 bits per heavy atom. The van der Waals surface area contributed by atoms with Crippen molar-refractivity contribution >= 4 is 0 Å². The van der Waals surface area contributed by atoms with Crippen LogP contribution in [0, 0.1) is 33.1 Å². The summed E-state index contributed by atoms with van der Waals surface area (Å²) in [5.74, 6) is 0.287. The highest BCUT2D eigenvalue weighted by Gasteiger charge is 2.05. The van der Waals surface area contributed by atoms with E-state index in [9.17, 15) is 20.2 Å². The Morgan fingerprint density at radius 2 is 1.65 bits per heavy atom. The van der Waals surface area contributed by atoms with Crippen LogP contribution < -0.4 is 0 Å². The van der Waals surface area contributed by atoms with Crippen molar-refractivity contribution in [1.82, 2.24) is 0 Å². The smallest absolute Gasteiger partial charge is 0.294 e. The molecule has 2 atom stereocenters. The van der Waals surface area contributed by atoms with E-state index >= 15 is 0 Å². The van der Waals surface area contributed by atoms with Gasteiger partial charge in [-0.05, 0) is 18.8 Å². The summed E-state index contributed by atoms with van der Waals surface area (Å²) in [6.45, 7) is 9.68. The van der Waals surface area contributed by atoms with Gasteiger partial charge in [-0.1, -0.05) is 33.6 Å². The minimum absolute atomic E-state index is 0.223. The van der Waals surface area contributed by atoms with Crippen molar-refractivity contribution in [2.45, 2.75) is 59.0 Å². The highest BCUT2D eigenvalue weighted by Crippen LogP contribution is 2.05. The van der Waals surface area contributed by atoms with E-state index in [1.807, 2.05) is 20.8 Å². The van der Waals surface area contributed by atoms with E-state index in [-0.39, 0.29) is 18.6 Å². The highest BCUT2D eigenvalue weighted by atomic mass is 17.0. The molecule has 0 radical (unpaired) electrons. The quantitative estimate of drug-likeness (QED) is 0.348. The third kappa shape index (κ3) is 16.4. The third-order valence-corrected chi connectivity index (χ3v) is 2.41. The van der Waals surface area contributed by atoms with Crippen molar-refractivity contribution in [3.05, 3.63) is 27.2 Å². The summed E-state index contributed by atoms with van der Waals surface area (Å²) in [5, 5.41) is 18.0. The van der Waals surface area contributed by atoms with Crippen LogP contribution in [-0.2, 0) is 9.68 Å². The Labute approximate surface area is 119 Å². The number of nitrogens with zero attached hydrogens (tertiary/aromatic N) is 2. The van der Waals surface area contributed by atoms with E-state index in [0.717, 1.165) is 19.3 Å². The summed E-state index contributed by atoms with van der Waals surface area (Å²) in [7, 11) is 0. The van der Waals surface area contributed by atoms with E-state index in [1.54, 1.807) is 0 Å². The second kappa shape index (κ2) is 13.8. The third-order valence-electron chi connectivity index (χ3n) is 2.41. The van der Waals surface area contributed by atoms with Crippen LogP contribution in [0.25, 0.3) is 0 Å². The van der Waals surface area contributed by atoms with Gasteiger partial charge in [0.05, 0.1) is 12.7 Å². The molecule has 0 saturated carbocycles. The molecule has 2 unspecified atom stereocenters. The Hall–Kier alpha value is -1.60. The molecule has 0 saturated heterocycles. The molecule has 0 aromatic heterocycles. The van der Waals surface area contributed by atoms with Crippen molar-refractivity contribution < 1.29 is 19.8 Å². The van der Waals surface area contributed by atoms with Crippen molar-refractivity contribution in [2.75, 3.05) is 6.61 Å². The minimum atomic E-state index is -0.758. The SMILES string of the molecule is CCCC(C)CO[N+](=O)[O-].[CH2-]CC(CCC)O[N+](=O)[O-]. The zero-order chi connectivity index (χ0) is 16.0. The van der Waals surface area contributed by atoms with Crippen LogP contribution in [-0.4, -0.2) is 22.9 Å². The molecule has 8 nitrogen and oxygen atoms in total. The van der Waals surface area contributed by atoms with E-state index in [1.165, 1.54) is 0 Å². The van der Waals surface area contributed by atoms with Crippen molar-refractivity contribution in [3.63, 3.8) is 0 Å². The molecule has 120 valence electrons. The van der Waals surface area contributed by atoms with Gasteiger partial charge >= 0.3 is 0 Å².